The molecule has 1 unspecified atom stereocenters. The molecule has 0 aliphatic carbocycles. The van der Waals surface area contributed by atoms with Crippen molar-refractivity contribution in [2.45, 2.75) is 77.4 Å². The molecule has 0 spiro atoms. The van der Waals surface area contributed by atoms with Crippen molar-refractivity contribution in [2.24, 2.45) is 0 Å². The first-order valence-electron chi connectivity index (χ1n) is 13.6. The summed E-state index contributed by atoms with van der Waals surface area (Å²) < 4.78 is 34.5. The van der Waals surface area contributed by atoms with Gasteiger partial charge in [0.25, 0.3) is 0 Å². The van der Waals surface area contributed by atoms with Crippen LogP contribution in [0.3, 0.4) is 0 Å². The van der Waals surface area contributed by atoms with Gasteiger partial charge in [0, 0.05) is 37.9 Å². The fourth-order valence-corrected chi connectivity index (χ4v) is 4.47. The molecule has 1 saturated heterocycles. The Labute approximate surface area is 230 Å². The van der Waals surface area contributed by atoms with E-state index in [2.05, 4.69) is 39.7 Å². The van der Waals surface area contributed by atoms with Crippen LogP contribution in [-0.4, -0.2) is 47.3 Å². The summed E-state index contributed by atoms with van der Waals surface area (Å²) in [6, 6.07) is 4.06. The first kappa shape index (κ1) is 31.8. The minimum Gasteiger partial charge on any atom is -0.468 e. The Morgan fingerprint density at radius 1 is 1.08 bits per heavy atom. The zero-order valence-corrected chi connectivity index (χ0v) is 24.0. The molecule has 1 aromatic carbocycles. The fraction of sp³-hybridized carbons (Fsp3) is 0.562. The summed E-state index contributed by atoms with van der Waals surface area (Å²) in [6.45, 7) is 18.0. The van der Waals surface area contributed by atoms with Gasteiger partial charge in [0.1, 0.15) is 11.5 Å². The van der Waals surface area contributed by atoms with Crippen molar-refractivity contribution < 1.29 is 28.4 Å². The van der Waals surface area contributed by atoms with Gasteiger partial charge in [-0.25, -0.2) is 0 Å². The lowest BCUT2D eigenvalue weighted by molar-refractivity contribution is -0.157. The van der Waals surface area contributed by atoms with Gasteiger partial charge in [0.15, 0.2) is 19.9 Å². The van der Waals surface area contributed by atoms with Crippen LogP contribution in [-0.2, 0) is 25.4 Å². The number of ether oxygens (including phenoxy) is 6. The van der Waals surface area contributed by atoms with Gasteiger partial charge in [-0.1, -0.05) is 29.9 Å². The molecule has 212 valence electrons. The molecule has 0 aromatic heterocycles. The van der Waals surface area contributed by atoms with Gasteiger partial charge < -0.3 is 28.4 Å². The molecule has 6 heteroatoms. The SMILES string of the molecule is C=CCC/C(=C/Cc1cc(OCOC)cc([C@@H](CCC(=C)C)C(=C)C)c1OCOC)COC1CCCCO1. The van der Waals surface area contributed by atoms with E-state index < -0.39 is 0 Å². The van der Waals surface area contributed by atoms with Crippen LogP contribution >= 0.6 is 0 Å². The molecule has 6 nitrogen and oxygen atoms in total. The highest BCUT2D eigenvalue weighted by molar-refractivity contribution is 5.52. The predicted octanol–water partition coefficient (Wildman–Crippen LogP) is 7.65. The van der Waals surface area contributed by atoms with E-state index in [1.165, 1.54) is 5.57 Å². The molecular formula is C32H48O6. The maximum absolute atomic E-state index is 6.21. The zero-order valence-electron chi connectivity index (χ0n) is 24.0. The van der Waals surface area contributed by atoms with Crippen molar-refractivity contribution in [3.8, 4) is 11.5 Å². The van der Waals surface area contributed by atoms with Crippen LogP contribution in [0.25, 0.3) is 0 Å². The summed E-state index contributed by atoms with van der Waals surface area (Å²) in [4.78, 5) is 0. The smallest absolute Gasteiger partial charge is 0.188 e. The first-order chi connectivity index (χ1) is 18.4. The van der Waals surface area contributed by atoms with Gasteiger partial charge in [-0.3, -0.25) is 0 Å². The minimum absolute atomic E-state index is 0.0828. The summed E-state index contributed by atoms with van der Waals surface area (Å²) in [6.07, 6.45) is 11.4. The van der Waals surface area contributed by atoms with Gasteiger partial charge in [0.2, 0.25) is 0 Å². The van der Waals surface area contributed by atoms with Crippen LogP contribution in [0.5, 0.6) is 11.5 Å². The average Bonchev–Trinajstić information content (AvgIpc) is 2.91. The molecule has 2 rings (SSSR count). The van der Waals surface area contributed by atoms with Crippen molar-refractivity contribution in [1.29, 1.82) is 0 Å². The summed E-state index contributed by atoms with van der Waals surface area (Å²) >= 11 is 0. The second kappa shape index (κ2) is 18.0. The number of hydrogen-bond acceptors (Lipinski definition) is 6. The van der Waals surface area contributed by atoms with Crippen molar-refractivity contribution in [2.75, 3.05) is 41.0 Å². The molecule has 1 aliphatic rings. The molecule has 1 fully saturated rings. The number of methoxy groups -OCH3 is 2. The lowest BCUT2D eigenvalue weighted by atomic mass is 9.85. The highest BCUT2D eigenvalue weighted by Gasteiger charge is 2.22. The maximum Gasteiger partial charge on any atom is 0.188 e. The third-order valence-corrected chi connectivity index (χ3v) is 6.54. The molecule has 38 heavy (non-hydrogen) atoms. The van der Waals surface area contributed by atoms with Gasteiger partial charge in [0.05, 0.1) is 6.61 Å². The van der Waals surface area contributed by atoms with Gasteiger partial charge in [-0.05, 0) is 82.9 Å². The molecule has 0 N–H and O–H groups in total. The third-order valence-electron chi connectivity index (χ3n) is 6.54. The molecule has 0 saturated carbocycles. The second-order valence-corrected chi connectivity index (χ2v) is 10.00. The molecule has 1 heterocycles. The zero-order chi connectivity index (χ0) is 27.8. The molecule has 0 bridgehead atoms. The van der Waals surface area contributed by atoms with Crippen LogP contribution < -0.4 is 9.47 Å². The van der Waals surface area contributed by atoms with E-state index in [1.807, 2.05) is 18.2 Å². The predicted molar refractivity (Wildman–Crippen MR) is 154 cm³/mol. The number of allylic oxidation sites excluding steroid dienone is 4. The monoisotopic (exact) mass is 528 g/mol. The van der Waals surface area contributed by atoms with E-state index in [0.29, 0.717) is 13.0 Å². The standard InChI is InChI=1S/C32H48O6/c1-8-9-12-26(21-36-31-13-10-11-18-35-31)15-16-27-19-28(37-22-33-6)20-30(32(27)38-23-34-7)29(25(4)5)17-14-24(2)3/h8,15,19-20,29,31H,1-2,4,9-14,16-18,21-23H2,3,5-7H3/b26-15-/t29-,31?/m0/s1. The van der Waals surface area contributed by atoms with Gasteiger partial charge in [-0.15, -0.1) is 13.2 Å². The van der Waals surface area contributed by atoms with Crippen molar-refractivity contribution >= 4 is 0 Å². The van der Waals surface area contributed by atoms with E-state index in [0.717, 1.165) is 85.3 Å². The van der Waals surface area contributed by atoms with Crippen molar-refractivity contribution in [3.05, 3.63) is 71.9 Å². The van der Waals surface area contributed by atoms with Crippen LogP contribution in [0.15, 0.2) is 60.7 Å². The van der Waals surface area contributed by atoms with E-state index in [9.17, 15) is 0 Å². The maximum atomic E-state index is 6.21. The molecular weight excluding hydrogens is 480 g/mol. The Kier molecular flexibility index (Phi) is 15.1. The Balaban J connectivity index is 2.44. The molecule has 0 radical (unpaired) electrons. The van der Waals surface area contributed by atoms with Crippen LogP contribution in [0, 0.1) is 0 Å². The molecule has 0 amide bonds. The van der Waals surface area contributed by atoms with Crippen LogP contribution in [0.4, 0.5) is 0 Å². The Morgan fingerprint density at radius 2 is 1.84 bits per heavy atom. The number of benzene rings is 1. The lowest BCUT2D eigenvalue weighted by Crippen LogP contribution is -2.23. The summed E-state index contributed by atoms with van der Waals surface area (Å²) in [5.41, 5.74) is 5.45. The van der Waals surface area contributed by atoms with Crippen LogP contribution in [0.2, 0.25) is 0 Å². The normalized spacial score (nSPS) is 16.6. The lowest BCUT2D eigenvalue weighted by Gasteiger charge is -2.25. The van der Waals surface area contributed by atoms with Crippen LogP contribution in [0.1, 0.15) is 75.8 Å². The third kappa shape index (κ3) is 11.2. The van der Waals surface area contributed by atoms with E-state index in [4.69, 9.17) is 28.4 Å². The fourth-order valence-electron chi connectivity index (χ4n) is 4.47. The van der Waals surface area contributed by atoms with Gasteiger partial charge in [-0.2, -0.15) is 0 Å². The second-order valence-electron chi connectivity index (χ2n) is 10.00. The quantitative estimate of drug-likeness (QED) is 0.136. The van der Waals surface area contributed by atoms with E-state index in [-0.39, 0.29) is 25.8 Å². The highest BCUT2D eigenvalue weighted by atomic mass is 16.7. The molecule has 1 aromatic rings. The van der Waals surface area contributed by atoms with Gasteiger partial charge >= 0.3 is 0 Å². The van der Waals surface area contributed by atoms with E-state index in [1.54, 1.807) is 14.2 Å². The Bertz CT molecular complexity index is 913. The highest BCUT2D eigenvalue weighted by Crippen LogP contribution is 2.41. The van der Waals surface area contributed by atoms with Crippen molar-refractivity contribution in [1.82, 2.24) is 0 Å². The number of rotatable bonds is 19. The molecule has 2 atom stereocenters. The topological polar surface area (TPSA) is 55.4 Å². The Hall–Kier alpha value is -2.38. The summed E-state index contributed by atoms with van der Waals surface area (Å²) in [7, 11) is 3.25. The Morgan fingerprint density at radius 3 is 2.47 bits per heavy atom. The number of hydrogen-bond donors (Lipinski definition) is 0. The minimum atomic E-state index is -0.126. The summed E-state index contributed by atoms with van der Waals surface area (Å²) in [5, 5.41) is 0. The largest absolute Gasteiger partial charge is 0.468 e. The average molecular weight is 529 g/mol. The van der Waals surface area contributed by atoms with Crippen molar-refractivity contribution in [3.63, 3.8) is 0 Å². The molecule has 1 aliphatic heterocycles. The van der Waals surface area contributed by atoms with E-state index >= 15 is 0 Å². The first-order valence-corrected chi connectivity index (χ1v) is 13.6. The summed E-state index contributed by atoms with van der Waals surface area (Å²) in [5.74, 6) is 1.62.